The molecule has 7 atom stereocenters. The number of ether oxygens (including phenoxy) is 2. The molecule has 0 radical (unpaired) electrons. The molecule has 0 unspecified atom stereocenters. The van der Waals surface area contributed by atoms with Crippen LogP contribution in [0.1, 0.15) is 40.3 Å². The number of phenolic OH excluding ortho intramolecular Hbond substituents is 2. The van der Waals surface area contributed by atoms with Crippen molar-refractivity contribution in [2.24, 2.45) is 0 Å². The van der Waals surface area contributed by atoms with E-state index in [4.69, 9.17) is 9.47 Å². The Balaban J connectivity index is 1.36. The number of carboxylic acids is 1. The van der Waals surface area contributed by atoms with Crippen LogP contribution >= 0.6 is 0 Å². The van der Waals surface area contributed by atoms with Gasteiger partial charge in [0, 0.05) is 41.9 Å². The number of amides is 1. The van der Waals surface area contributed by atoms with Crippen molar-refractivity contribution in [2.75, 3.05) is 11.5 Å². The number of nitrogens with zero attached hydrogens (tertiary/aromatic N) is 2. The Labute approximate surface area is 290 Å². The van der Waals surface area contributed by atoms with Gasteiger partial charge < -0.3 is 55.3 Å². The number of aryl methyl sites for hydroxylation is 1. The summed E-state index contributed by atoms with van der Waals surface area (Å²) in [7, 11) is 0. The van der Waals surface area contributed by atoms with E-state index in [0.29, 0.717) is 24.0 Å². The van der Waals surface area contributed by atoms with Crippen molar-refractivity contribution >= 4 is 23.6 Å². The molecular formula is C36H37N3O12. The molecule has 0 saturated carbocycles. The first-order valence-corrected chi connectivity index (χ1v) is 16.1. The number of hydrogen-bond donors (Lipinski definition) is 9. The fraction of sp³-hybridized carbons (Fsp3) is 0.306. The maximum atomic E-state index is 14.0. The van der Waals surface area contributed by atoms with E-state index < -0.39 is 72.3 Å². The number of carboxylic acid groups (broad SMARTS) is 1. The van der Waals surface area contributed by atoms with E-state index in [-0.39, 0.29) is 23.4 Å². The zero-order chi connectivity index (χ0) is 36.4. The highest BCUT2D eigenvalue weighted by Gasteiger charge is 2.56. The standard InChI is InChI=1S/C36H37N3O12/c40-17-29-32(44)33(45)34(46)36(49,51-29)50-28-15-25-24(14-27(28)42)23(9-6-19-4-2-1-3-5-19)31(35(47)48)39(25)30(43)11-8-20-7-10-26(41)21(12-20)13-22-16-37-18-38-22/h1-5,7-8,10-12,14-16,18,23,29,31-34,40-42,44-46,49H,6,9,13,17H2,(H,37,38)(H,47,48)/b11-8+/t23-,29+,31+,32+,33-,34+,36-/m0/s1. The molecule has 2 aliphatic rings. The monoisotopic (exact) mass is 703 g/mol. The third kappa shape index (κ3) is 7.16. The topological polar surface area (TPSA) is 246 Å². The number of imidazole rings is 1. The largest absolute Gasteiger partial charge is 0.508 e. The predicted octanol–water partition coefficient (Wildman–Crippen LogP) is 1.14. The molecule has 0 spiro atoms. The average Bonchev–Trinajstić information content (AvgIpc) is 3.74. The van der Waals surface area contributed by atoms with Gasteiger partial charge in [0.05, 0.1) is 18.6 Å². The number of aromatic hydroxyl groups is 2. The van der Waals surface area contributed by atoms with Gasteiger partial charge in [0.25, 0.3) is 5.91 Å². The number of rotatable bonds is 11. The second-order valence-electron chi connectivity index (χ2n) is 12.5. The molecule has 9 N–H and O–H groups in total. The number of hydrogen-bond acceptors (Lipinski definition) is 12. The highest BCUT2D eigenvalue weighted by atomic mass is 16.8. The molecule has 2 aliphatic heterocycles. The lowest BCUT2D eigenvalue weighted by Gasteiger charge is -2.44. The second-order valence-corrected chi connectivity index (χ2v) is 12.5. The molecule has 1 saturated heterocycles. The van der Waals surface area contributed by atoms with Crippen molar-refractivity contribution in [3.63, 3.8) is 0 Å². The Morgan fingerprint density at radius 3 is 2.47 bits per heavy atom. The highest BCUT2D eigenvalue weighted by Crippen LogP contribution is 2.49. The Morgan fingerprint density at radius 2 is 1.78 bits per heavy atom. The number of fused-ring (bicyclic) bond motifs is 1. The number of aliphatic carboxylic acids is 1. The van der Waals surface area contributed by atoms with Gasteiger partial charge in [0.2, 0.25) is 0 Å². The van der Waals surface area contributed by atoms with Crippen LogP contribution in [0.4, 0.5) is 5.69 Å². The number of aliphatic hydroxyl groups excluding tert-OH is 4. The molecule has 3 aromatic carbocycles. The minimum atomic E-state index is -3.09. The Hall–Kier alpha value is -5.29. The molecule has 1 amide bonds. The van der Waals surface area contributed by atoms with Gasteiger partial charge in [0.1, 0.15) is 30.1 Å². The normalized spacial score (nSPS) is 25.9. The van der Waals surface area contributed by atoms with Crippen molar-refractivity contribution in [1.29, 1.82) is 0 Å². The van der Waals surface area contributed by atoms with Crippen LogP contribution in [0.5, 0.6) is 17.2 Å². The number of phenols is 2. The Kier molecular flexibility index (Phi) is 10.1. The maximum absolute atomic E-state index is 14.0. The van der Waals surface area contributed by atoms with Crippen LogP contribution in [-0.2, 0) is 27.2 Å². The van der Waals surface area contributed by atoms with Crippen molar-refractivity contribution in [2.45, 2.75) is 61.6 Å². The molecule has 0 bridgehead atoms. The van der Waals surface area contributed by atoms with E-state index in [0.717, 1.165) is 22.2 Å². The summed E-state index contributed by atoms with van der Waals surface area (Å²) in [6.45, 7) is -0.878. The Morgan fingerprint density at radius 1 is 1.02 bits per heavy atom. The Bertz CT molecular complexity index is 1900. The highest BCUT2D eigenvalue weighted by molar-refractivity contribution is 6.09. The number of nitrogens with one attached hydrogen (secondary N) is 1. The van der Waals surface area contributed by atoms with Crippen LogP contribution in [0, 0.1) is 0 Å². The molecule has 15 heteroatoms. The van der Waals surface area contributed by atoms with Crippen LogP contribution in [0.25, 0.3) is 6.08 Å². The van der Waals surface area contributed by atoms with Gasteiger partial charge in [-0.15, -0.1) is 0 Å². The van der Waals surface area contributed by atoms with E-state index in [2.05, 4.69) is 9.97 Å². The third-order valence-corrected chi connectivity index (χ3v) is 9.15. The molecule has 268 valence electrons. The van der Waals surface area contributed by atoms with E-state index >= 15 is 0 Å². The van der Waals surface area contributed by atoms with Gasteiger partial charge in [-0.1, -0.05) is 36.4 Å². The predicted molar refractivity (Wildman–Crippen MR) is 179 cm³/mol. The SMILES string of the molecule is O=C(O)[C@H]1[C@@H](CCc2ccccc2)c2cc(O)c(O[C@]3(O)O[C@H](CO)[C@@H](O)[C@H](O)[C@H]3O)cc2N1C(=O)/C=C/c1ccc(O)c(Cc2cnc[nH]2)c1. The summed E-state index contributed by atoms with van der Waals surface area (Å²) in [5, 5.41) is 83.6. The van der Waals surface area contributed by atoms with Gasteiger partial charge in [-0.2, -0.15) is 0 Å². The number of aliphatic hydroxyl groups is 5. The molecule has 1 fully saturated rings. The first-order chi connectivity index (χ1) is 24.4. The summed E-state index contributed by atoms with van der Waals surface area (Å²) in [4.78, 5) is 34.9. The van der Waals surface area contributed by atoms with Crippen LogP contribution in [0.3, 0.4) is 0 Å². The quantitative estimate of drug-likeness (QED) is 0.0787. The van der Waals surface area contributed by atoms with Crippen LogP contribution in [0.15, 0.2) is 79.3 Å². The number of carbonyl (C=O) groups excluding carboxylic acids is 1. The van der Waals surface area contributed by atoms with Gasteiger partial charge >= 0.3 is 11.9 Å². The lowest BCUT2D eigenvalue weighted by atomic mass is 9.88. The van der Waals surface area contributed by atoms with Crippen LogP contribution < -0.4 is 9.64 Å². The molecular weight excluding hydrogens is 666 g/mol. The number of benzene rings is 3. The van der Waals surface area contributed by atoms with Gasteiger partial charge in [-0.3, -0.25) is 9.69 Å². The number of carbonyl (C=O) groups is 2. The van der Waals surface area contributed by atoms with Crippen LogP contribution in [-0.4, -0.2) is 106 Å². The smallest absolute Gasteiger partial charge is 0.355 e. The molecule has 6 rings (SSSR count). The van der Waals surface area contributed by atoms with Gasteiger partial charge in [-0.25, -0.2) is 9.78 Å². The number of H-pyrrole nitrogens is 1. The summed E-state index contributed by atoms with van der Waals surface area (Å²) in [5.74, 6) is -7.14. The summed E-state index contributed by atoms with van der Waals surface area (Å²) in [5.41, 5.74) is 3.05. The number of aromatic nitrogens is 2. The molecule has 1 aromatic heterocycles. The molecule has 3 heterocycles. The lowest BCUT2D eigenvalue weighted by Crippen LogP contribution is -2.67. The first-order valence-electron chi connectivity index (χ1n) is 16.1. The van der Waals surface area contributed by atoms with Crippen LogP contribution in [0.2, 0.25) is 0 Å². The molecule has 4 aromatic rings. The fourth-order valence-corrected chi connectivity index (χ4v) is 6.53. The van der Waals surface area contributed by atoms with Crippen molar-refractivity contribution in [3.8, 4) is 17.2 Å². The number of anilines is 1. The van der Waals surface area contributed by atoms with E-state index in [9.17, 15) is 50.4 Å². The summed E-state index contributed by atoms with van der Waals surface area (Å²) in [6.07, 6.45) is -0.921. The van der Waals surface area contributed by atoms with Gasteiger partial charge in [-0.05, 0) is 53.8 Å². The minimum Gasteiger partial charge on any atom is -0.508 e. The molecule has 0 aliphatic carbocycles. The average molecular weight is 704 g/mol. The van der Waals surface area contributed by atoms with Crippen molar-refractivity contribution in [1.82, 2.24) is 9.97 Å². The van der Waals surface area contributed by atoms with E-state index in [1.807, 2.05) is 30.3 Å². The van der Waals surface area contributed by atoms with E-state index in [1.165, 1.54) is 30.6 Å². The minimum absolute atomic E-state index is 0.0155. The fourth-order valence-electron chi connectivity index (χ4n) is 6.53. The van der Waals surface area contributed by atoms with E-state index in [1.54, 1.807) is 18.3 Å². The molecule has 15 nitrogen and oxygen atoms in total. The molecule has 51 heavy (non-hydrogen) atoms. The van der Waals surface area contributed by atoms with Crippen molar-refractivity contribution in [3.05, 3.63) is 107 Å². The van der Waals surface area contributed by atoms with Crippen molar-refractivity contribution < 1.29 is 59.9 Å². The summed E-state index contributed by atoms with van der Waals surface area (Å²) >= 11 is 0. The zero-order valence-corrected chi connectivity index (χ0v) is 27.0. The van der Waals surface area contributed by atoms with Gasteiger partial charge in [0.15, 0.2) is 17.6 Å². The third-order valence-electron chi connectivity index (χ3n) is 9.15. The first kappa shape index (κ1) is 35.5. The lowest BCUT2D eigenvalue weighted by molar-refractivity contribution is -0.422. The number of aromatic amines is 1. The second kappa shape index (κ2) is 14.5. The summed E-state index contributed by atoms with van der Waals surface area (Å²) < 4.78 is 10.6. The maximum Gasteiger partial charge on any atom is 0.355 e. The zero-order valence-electron chi connectivity index (χ0n) is 27.0. The summed E-state index contributed by atoms with van der Waals surface area (Å²) in [6, 6.07) is 14.9.